The maximum absolute atomic E-state index is 10.2. The highest BCUT2D eigenvalue weighted by molar-refractivity contribution is 5.70. The van der Waals surface area contributed by atoms with Crippen molar-refractivity contribution in [3.05, 3.63) is 11.9 Å². The smallest absolute Gasteiger partial charge is 0.171 e. The molecule has 0 atom stereocenters. The van der Waals surface area contributed by atoms with Crippen LogP contribution in [-0.4, -0.2) is 34.5 Å². The molecule has 1 aromatic heterocycles. The molecule has 0 aliphatic carbocycles. The molecule has 0 saturated carbocycles. The second-order valence-electron chi connectivity index (χ2n) is 2.64. The fraction of sp³-hybridized carbons (Fsp3) is 0.625. The minimum Gasteiger partial charge on any atom is -0.380 e. The fourth-order valence-corrected chi connectivity index (χ4v) is 0.881. The second-order valence-corrected chi connectivity index (χ2v) is 2.64. The third-order valence-corrected chi connectivity index (χ3v) is 1.49. The average Bonchev–Trinajstić information content (AvgIpc) is 2.60. The first-order chi connectivity index (χ1) is 6.36. The minimum atomic E-state index is 0.357. The monoisotopic (exact) mass is 183 g/mol. The molecular weight excluding hydrogens is 170 g/mol. The van der Waals surface area contributed by atoms with Crippen LogP contribution < -0.4 is 0 Å². The Morgan fingerprint density at radius 1 is 1.62 bits per heavy atom. The molecule has 0 unspecified atom stereocenters. The van der Waals surface area contributed by atoms with E-state index in [1.54, 1.807) is 10.9 Å². The Labute approximate surface area is 76.7 Å². The van der Waals surface area contributed by atoms with Gasteiger partial charge in [-0.1, -0.05) is 12.1 Å². The summed E-state index contributed by atoms with van der Waals surface area (Å²) >= 11 is 0. The molecule has 13 heavy (non-hydrogen) atoms. The van der Waals surface area contributed by atoms with E-state index in [0.717, 1.165) is 13.0 Å². The van der Waals surface area contributed by atoms with Crippen LogP contribution in [0.25, 0.3) is 0 Å². The summed E-state index contributed by atoms with van der Waals surface area (Å²) in [7, 11) is 0. The lowest BCUT2D eigenvalue weighted by atomic mass is 10.5. The lowest BCUT2D eigenvalue weighted by molar-refractivity contribution is 0.111. The van der Waals surface area contributed by atoms with E-state index in [1.165, 1.54) is 0 Å². The predicted octanol–water partition coefficient (Wildman–Crippen LogP) is 0.517. The molecular formula is C8H13N3O2. The molecule has 0 aliphatic heterocycles. The molecule has 1 aromatic rings. The van der Waals surface area contributed by atoms with Crippen LogP contribution in [0.5, 0.6) is 0 Å². The zero-order valence-corrected chi connectivity index (χ0v) is 7.64. The van der Waals surface area contributed by atoms with Gasteiger partial charge in [0.05, 0.1) is 19.3 Å². The molecule has 5 nitrogen and oxygen atoms in total. The summed E-state index contributed by atoms with van der Waals surface area (Å²) in [5, 5.41) is 7.36. The van der Waals surface area contributed by atoms with Gasteiger partial charge in [0.2, 0.25) is 0 Å². The van der Waals surface area contributed by atoms with Crippen molar-refractivity contribution >= 4 is 6.29 Å². The van der Waals surface area contributed by atoms with Gasteiger partial charge in [-0.25, -0.2) is 4.68 Å². The largest absolute Gasteiger partial charge is 0.380 e. The maximum atomic E-state index is 10.2. The van der Waals surface area contributed by atoms with Crippen LogP contribution in [0.1, 0.15) is 23.8 Å². The van der Waals surface area contributed by atoms with Gasteiger partial charge in [-0.15, -0.1) is 5.10 Å². The molecule has 0 spiro atoms. The number of rotatable bonds is 6. The Hall–Kier alpha value is -1.23. The molecule has 0 N–H and O–H groups in total. The Morgan fingerprint density at radius 2 is 2.46 bits per heavy atom. The van der Waals surface area contributed by atoms with Crippen LogP contribution in [0.3, 0.4) is 0 Å². The lowest BCUT2D eigenvalue weighted by Crippen LogP contribution is -2.06. The molecule has 0 fully saturated rings. The molecule has 0 radical (unpaired) electrons. The van der Waals surface area contributed by atoms with E-state index in [2.05, 4.69) is 17.2 Å². The van der Waals surface area contributed by atoms with Crippen LogP contribution in [0.4, 0.5) is 0 Å². The second kappa shape index (κ2) is 5.42. The zero-order chi connectivity index (χ0) is 9.52. The van der Waals surface area contributed by atoms with Crippen molar-refractivity contribution < 1.29 is 9.53 Å². The Balaban J connectivity index is 2.24. The van der Waals surface area contributed by atoms with Crippen molar-refractivity contribution in [1.29, 1.82) is 0 Å². The number of nitrogens with zero attached hydrogens (tertiary/aromatic N) is 3. The van der Waals surface area contributed by atoms with Crippen molar-refractivity contribution in [2.75, 3.05) is 13.2 Å². The highest BCUT2D eigenvalue weighted by Gasteiger charge is 1.97. The van der Waals surface area contributed by atoms with Crippen molar-refractivity contribution in [2.45, 2.75) is 19.9 Å². The van der Waals surface area contributed by atoms with Crippen molar-refractivity contribution in [3.8, 4) is 0 Å². The van der Waals surface area contributed by atoms with Crippen LogP contribution in [0.15, 0.2) is 6.20 Å². The van der Waals surface area contributed by atoms with E-state index in [4.69, 9.17) is 4.74 Å². The standard InChI is InChI=1S/C8H13N3O2/c1-2-4-13-5-3-11-6-8(7-12)9-10-11/h6-7H,2-5H2,1H3. The molecule has 1 rings (SSSR count). The number of hydrogen-bond donors (Lipinski definition) is 0. The fourth-order valence-electron chi connectivity index (χ4n) is 0.881. The van der Waals surface area contributed by atoms with Gasteiger partial charge < -0.3 is 4.74 Å². The highest BCUT2D eigenvalue weighted by Crippen LogP contribution is 1.89. The Bertz CT molecular complexity index is 260. The normalized spacial score (nSPS) is 10.2. The summed E-state index contributed by atoms with van der Waals surface area (Å²) in [5.74, 6) is 0. The summed E-state index contributed by atoms with van der Waals surface area (Å²) in [6.07, 6.45) is 3.29. The molecule has 0 saturated heterocycles. The van der Waals surface area contributed by atoms with Crippen LogP contribution >= 0.6 is 0 Å². The van der Waals surface area contributed by atoms with E-state index < -0.39 is 0 Å². The van der Waals surface area contributed by atoms with Gasteiger partial charge in [0.15, 0.2) is 6.29 Å². The lowest BCUT2D eigenvalue weighted by Gasteiger charge is -2.00. The molecule has 72 valence electrons. The number of hydrogen-bond acceptors (Lipinski definition) is 4. The zero-order valence-electron chi connectivity index (χ0n) is 7.64. The van der Waals surface area contributed by atoms with E-state index in [9.17, 15) is 4.79 Å². The number of aldehydes is 1. The van der Waals surface area contributed by atoms with Crippen LogP contribution in [0, 0.1) is 0 Å². The number of carbonyl (C=O) groups excluding carboxylic acids is 1. The predicted molar refractivity (Wildman–Crippen MR) is 46.5 cm³/mol. The number of ether oxygens (including phenoxy) is 1. The molecule has 0 aromatic carbocycles. The third-order valence-electron chi connectivity index (χ3n) is 1.49. The maximum Gasteiger partial charge on any atom is 0.171 e. The first-order valence-electron chi connectivity index (χ1n) is 4.30. The third kappa shape index (κ3) is 3.33. The van der Waals surface area contributed by atoms with Gasteiger partial charge in [0.25, 0.3) is 0 Å². The molecule has 0 amide bonds. The van der Waals surface area contributed by atoms with Gasteiger partial charge >= 0.3 is 0 Å². The van der Waals surface area contributed by atoms with Gasteiger partial charge in [-0.2, -0.15) is 0 Å². The summed E-state index contributed by atoms with van der Waals surface area (Å²) in [6, 6.07) is 0. The summed E-state index contributed by atoms with van der Waals surface area (Å²) < 4.78 is 6.85. The molecule has 5 heteroatoms. The van der Waals surface area contributed by atoms with E-state index in [0.29, 0.717) is 25.1 Å². The topological polar surface area (TPSA) is 57.0 Å². The van der Waals surface area contributed by atoms with E-state index >= 15 is 0 Å². The van der Waals surface area contributed by atoms with Crippen LogP contribution in [-0.2, 0) is 11.3 Å². The van der Waals surface area contributed by atoms with Crippen molar-refractivity contribution in [1.82, 2.24) is 15.0 Å². The van der Waals surface area contributed by atoms with Crippen LogP contribution in [0.2, 0.25) is 0 Å². The Morgan fingerprint density at radius 3 is 3.08 bits per heavy atom. The minimum absolute atomic E-state index is 0.357. The highest BCUT2D eigenvalue weighted by atomic mass is 16.5. The molecule has 0 aliphatic rings. The molecule has 0 bridgehead atoms. The van der Waals surface area contributed by atoms with Crippen molar-refractivity contribution in [3.63, 3.8) is 0 Å². The van der Waals surface area contributed by atoms with Crippen molar-refractivity contribution in [2.24, 2.45) is 0 Å². The number of carbonyl (C=O) groups is 1. The molecule has 1 heterocycles. The quantitative estimate of drug-likeness (QED) is 0.476. The van der Waals surface area contributed by atoms with Gasteiger partial charge in [-0.3, -0.25) is 4.79 Å². The van der Waals surface area contributed by atoms with E-state index in [-0.39, 0.29) is 0 Å². The van der Waals surface area contributed by atoms with Gasteiger partial charge in [0, 0.05) is 6.61 Å². The first-order valence-corrected chi connectivity index (χ1v) is 4.30. The first kappa shape index (κ1) is 9.85. The average molecular weight is 183 g/mol. The number of aromatic nitrogens is 3. The Kier molecular flexibility index (Phi) is 4.11. The SMILES string of the molecule is CCCOCCn1cc(C=O)nn1. The summed E-state index contributed by atoms with van der Waals surface area (Å²) in [4.78, 5) is 10.2. The van der Waals surface area contributed by atoms with Gasteiger partial charge in [0.1, 0.15) is 5.69 Å². The summed E-state index contributed by atoms with van der Waals surface area (Å²) in [6.45, 7) is 4.06. The van der Waals surface area contributed by atoms with Gasteiger partial charge in [-0.05, 0) is 6.42 Å². The summed E-state index contributed by atoms with van der Waals surface area (Å²) in [5.41, 5.74) is 0.357. The van der Waals surface area contributed by atoms with E-state index in [1.807, 2.05) is 0 Å².